The summed E-state index contributed by atoms with van der Waals surface area (Å²) in [4.78, 5) is 34.4. The van der Waals surface area contributed by atoms with E-state index in [2.05, 4.69) is 5.10 Å². The fourth-order valence-corrected chi connectivity index (χ4v) is 4.77. The van der Waals surface area contributed by atoms with Crippen LogP contribution in [0.5, 0.6) is 0 Å². The Morgan fingerprint density at radius 1 is 1.16 bits per heavy atom. The lowest BCUT2D eigenvalue weighted by atomic mass is 9.75. The maximum atomic E-state index is 14.2. The molecule has 1 aromatic carbocycles. The number of anilines is 1. The van der Waals surface area contributed by atoms with E-state index >= 15 is 0 Å². The first-order valence-electron chi connectivity index (χ1n) is 12.2. The SMILES string of the molecule is CC1(C)CC(=O)c2c(C(F)(F)F)nn(-c3cc(N)c(C(N)=O)c(F)c3)c2C1.NCC(=O)OC1CCCCC1. The summed E-state index contributed by atoms with van der Waals surface area (Å²) in [6, 6.07) is 1.92. The lowest BCUT2D eigenvalue weighted by Crippen LogP contribution is -2.29. The number of halogens is 4. The molecule has 2 aliphatic rings. The highest BCUT2D eigenvalue weighted by Gasteiger charge is 2.45. The van der Waals surface area contributed by atoms with Gasteiger partial charge in [-0.15, -0.1) is 0 Å². The molecule has 13 heteroatoms. The van der Waals surface area contributed by atoms with Crippen LogP contribution in [0.25, 0.3) is 5.69 Å². The standard InChI is InChI=1S/C17H16F4N4O2.C8H15NO2/c1-16(2)5-10-13(11(26)6-16)14(17(19,20)21)24-25(10)7-3-8(18)12(15(23)27)9(22)4-7;9-6-8(10)11-7-4-2-1-3-5-7/h3-4H,5-6,22H2,1-2H3,(H2,23,27);7H,1-6,9H2. The van der Waals surface area contributed by atoms with Crippen molar-refractivity contribution in [3.8, 4) is 5.69 Å². The van der Waals surface area contributed by atoms with Gasteiger partial charge in [0, 0.05) is 18.2 Å². The summed E-state index contributed by atoms with van der Waals surface area (Å²) in [6.07, 6.45) is 1.03. The Bertz CT molecular complexity index is 1210. The quantitative estimate of drug-likeness (QED) is 0.303. The largest absolute Gasteiger partial charge is 0.461 e. The molecule has 6 N–H and O–H groups in total. The van der Waals surface area contributed by atoms with Crippen LogP contribution in [0.1, 0.15) is 84.5 Å². The van der Waals surface area contributed by atoms with Crippen LogP contribution >= 0.6 is 0 Å². The summed E-state index contributed by atoms with van der Waals surface area (Å²) >= 11 is 0. The average Bonchev–Trinajstić information content (AvgIpc) is 3.18. The third kappa shape index (κ3) is 6.50. The first-order valence-corrected chi connectivity index (χ1v) is 12.2. The maximum absolute atomic E-state index is 14.2. The van der Waals surface area contributed by atoms with Gasteiger partial charge in [-0.3, -0.25) is 14.4 Å². The van der Waals surface area contributed by atoms with E-state index in [1.807, 2.05) is 0 Å². The van der Waals surface area contributed by atoms with E-state index in [0.29, 0.717) is 0 Å². The molecular weight excluding hydrogens is 510 g/mol. The number of nitrogens with zero attached hydrogens (tertiary/aromatic N) is 2. The zero-order valence-corrected chi connectivity index (χ0v) is 21.2. The van der Waals surface area contributed by atoms with Crippen LogP contribution in [0.15, 0.2) is 12.1 Å². The monoisotopic (exact) mass is 541 g/mol. The topological polar surface area (TPSA) is 156 Å². The smallest absolute Gasteiger partial charge is 0.435 e. The minimum Gasteiger partial charge on any atom is -0.461 e. The molecule has 0 bridgehead atoms. The fourth-order valence-electron chi connectivity index (χ4n) is 4.77. The third-order valence-corrected chi connectivity index (χ3v) is 6.43. The molecule has 1 fully saturated rings. The number of fused-ring (bicyclic) bond motifs is 1. The van der Waals surface area contributed by atoms with Gasteiger partial charge in [-0.25, -0.2) is 9.07 Å². The number of esters is 1. The van der Waals surface area contributed by atoms with Gasteiger partial charge in [0.25, 0.3) is 5.91 Å². The van der Waals surface area contributed by atoms with Crippen LogP contribution < -0.4 is 17.2 Å². The lowest BCUT2D eigenvalue weighted by Gasteiger charge is -2.29. The van der Waals surface area contributed by atoms with Gasteiger partial charge in [0.05, 0.1) is 29.1 Å². The predicted molar refractivity (Wildman–Crippen MR) is 130 cm³/mol. The van der Waals surface area contributed by atoms with Crippen molar-refractivity contribution >= 4 is 23.3 Å². The van der Waals surface area contributed by atoms with Gasteiger partial charge in [0.2, 0.25) is 0 Å². The highest BCUT2D eigenvalue weighted by Crippen LogP contribution is 2.42. The second kappa shape index (κ2) is 11.1. The number of primary amides is 1. The number of ketones is 1. The zero-order valence-electron chi connectivity index (χ0n) is 21.2. The van der Waals surface area contributed by atoms with Gasteiger partial charge in [-0.05, 0) is 43.6 Å². The number of carbonyl (C=O) groups is 3. The van der Waals surface area contributed by atoms with E-state index < -0.39 is 45.9 Å². The van der Waals surface area contributed by atoms with Crippen molar-refractivity contribution < 1.29 is 36.7 Å². The Balaban J connectivity index is 0.000000304. The minimum atomic E-state index is -4.86. The molecule has 0 saturated heterocycles. The molecule has 1 aromatic heterocycles. The van der Waals surface area contributed by atoms with Crippen LogP contribution in [0, 0.1) is 11.2 Å². The molecule has 1 saturated carbocycles. The Kier molecular flexibility index (Phi) is 8.49. The number of carbonyl (C=O) groups excluding carboxylic acids is 3. The van der Waals surface area contributed by atoms with Crippen molar-refractivity contribution in [1.29, 1.82) is 0 Å². The molecule has 0 unspecified atom stereocenters. The third-order valence-electron chi connectivity index (χ3n) is 6.43. The van der Waals surface area contributed by atoms with E-state index in [1.54, 1.807) is 13.8 Å². The molecule has 0 spiro atoms. The van der Waals surface area contributed by atoms with Crippen LogP contribution in [0.4, 0.5) is 23.2 Å². The van der Waals surface area contributed by atoms with Gasteiger partial charge in [-0.1, -0.05) is 20.3 Å². The normalized spacial score (nSPS) is 17.3. The number of alkyl halides is 3. The van der Waals surface area contributed by atoms with Gasteiger partial charge in [0.1, 0.15) is 11.9 Å². The Morgan fingerprint density at radius 3 is 2.32 bits per heavy atom. The van der Waals surface area contributed by atoms with E-state index in [9.17, 15) is 31.9 Å². The number of amides is 1. The molecule has 2 aromatic rings. The Labute approximate surface area is 216 Å². The molecule has 0 aliphatic heterocycles. The first kappa shape index (κ1) is 29.1. The molecule has 208 valence electrons. The minimum absolute atomic E-state index is 0.0104. The number of nitrogens with two attached hydrogens (primary N) is 3. The molecule has 0 radical (unpaired) electrons. The van der Waals surface area contributed by atoms with Crippen molar-refractivity contribution in [2.75, 3.05) is 12.3 Å². The zero-order chi connectivity index (χ0) is 28.4. The van der Waals surface area contributed by atoms with E-state index in [-0.39, 0.29) is 48.5 Å². The van der Waals surface area contributed by atoms with Gasteiger partial charge < -0.3 is 21.9 Å². The fraction of sp³-hybridized carbons (Fsp3) is 0.520. The average molecular weight is 542 g/mol. The number of aromatic nitrogens is 2. The molecule has 4 rings (SSSR count). The Hall–Kier alpha value is -3.48. The van der Waals surface area contributed by atoms with E-state index in [4.69, 9.17) is 21.9 Å². The van der Waals surface area contributed by atoms with Crippen LogP contribution in [0.3, 0.4) is 0 Å². The summed E-state index contributed by atoms with van der Waals surface area (Å²) in [5.74, 6) is -3.14. The number of rotatable bonds is 4. The molecule has 1 amide bonds. The van der Waals surface area contributed by atoms with Crippen LogP contribution in [0.2, 0.25) is 0 Å². The van der Waals surface area contributed by atoms with Crippen molar-refractivity contribution in [1.82, 2.24) is 9.78 Å². The van der Waals surface area contributed by atoms with Crippen molar-refractivity contribution in [3.63, 3.8) is 0 Å². The van der Waals surface area contributed by atoms with Gasteiger partial charge >= 0.3 is 12.1 Å². The summed E-state index contributed by atoms with van der Waals surface area (Å²) in [6.45, 7) is 3.49. The molecular formula is C25H31F4N5O4. The maximum Gasteiger partial charge on any atom is 0.435 e. The number of ether oxygens (including phenoxy) is 1. The number of Topliss-reactive ketones (excluding diaryl/α,β-unsaturated/α-hetero) is 1. The Morgan fingerprint density at radius 2 is 1.79 bits per heavy atom. The summed E-state index contributed by atoms with van der Waals surface area (Å²) < 4.78 is 60.4. The predicted octanol–water partition coefficient (Wildman–Crippen LogP) is 3.69. The summed E-state index contributed by atoms with van der Waals surface area (Å²) in [5.41, 5.74) is 12.4. The van der Waals surface area contributed by atoms with Gasteiger partial charge in [0.15, 0.2) is 11.5 Å². The molecule has 0 atom stereocenters. The van der Waals surface area contributed by atoms with Crippen molar-refractivity contribution in [2.24, 2.45) is 16.9 Å². The molecule has 38 heavy (non-hydrogen) atoms. The van der Waals surface area contributed by atoms with Crippen molar-refractivity contribution in [2.45, 2.75) is 71.1 Å². The first-order chi connectivity index (χ1) is 17.6. The summed E-state index contributed by atoms with van der Waals surface area (Å²) in [7, 11) is 0. The second-order valence-electron chi connectivity index (χ2n) is 10.2. The van der Waals surface area contributed by atoms with Gasteiger partial charge in [-0.2, -0.15) is 18.3 Å². The lowest BCUT2D eigenvalue weighted by molar-refractivity contribution is -0.148. The second-order valence-corrected chi connectivity index (χ2v) is 10.2. The van der Waals surface area contributed by atoms with Crippen molar-refractivity contribution in [3.05, 3.63) is 40.5 Å². The van der Waals surface area contributed by atoms with E-state index in [1.165, 1.54) is 19.3 Å². The highest BCUT2D eigenvalue weighted by molar-refractivity contribution is 6.00. The van der Waals surface area contributed by atoms with E-state index in [0.717, 1.165) is 29.7 Å². The van der Waals surface area contributed by atoms with Crippen LogP contribution in [-0.2, 0) is 22.1 Å². The summed E-state index contributed by atoms with van der Waals surface area (Å²) in [5, 5.41) is 3.54. The van der Waals surface area contributed by atoms with Crippen LogP contribution in [-0.4, -0.2) is 40.1 Å². The molecule has 1 heterocycles. The number of benzene rings is 1. The molecule has 9 nitrogen and oxygen atoms in total. The number of hydrogen-bond donors (Lipinski definition) is 3. The molecule has 2 aliphatic carbocycles. The number of hydrogen-bond acceptors (Lipinski definition) is 7. The number of nitrogen functional groups attached to an aromatic ring is 1. The highest BCUT2D eigenvalue weighted by atomic mass is 19.4.